The summed E-state index contributed by atoms with van der Waals surface area (Å²) in [5.74, 6) is 1.42. The summed E-state index contributed by atoms with van der Waals surface area (Å²) in [6.07, 6.45) is 0. The third-order valence-electron chi connectivity index (χ3n) is 2.54. The SMILES string of the molecule is Nc1c(Oc2ccc(I)cc2)ccc2scnc12. The van der Waals surface area contributed by atoms with Crippen LogP contribution in [0.4, 0.5) is 5.69 Å². The largest absolute Gasteiger partial charge is 0.455 e. The minimum absolute atomic E-state index is 0.590. The normalized spacial score (nSPS) is 10.7. The molecule has 2 N–H and O–H groups in total. The summed E-state index contributed by atoms with van der Waals surface area (Å²) in [6.45, 7) is 0. The third-order valence-corrected chi connectivity index (χ3v) is 4.06. The summed E-state index contributed by atoms with van der Waals surface area (Å²) in [5.41, 5.74) is 9.24. The first-order chi connectivity index (χ1) is 8.74. The van der Waals surface area contributed by atoms with Gasteiger partial charge in [0.25, 0.3) is 0 Å². The van der Waals surface area contributed by atoms with E-state index in [0.29, 0.717) is 11.4 Å². The topological polar surface area (TPSA) is 48.1 Å². The Labute approximate surface area is 122 Å². The zero-order chi connectivity index (χ0) is 12.5. The highest BCUT2D eigenvalue weighted by Gasteiger charge is 2.08. The molecule has 18 heavy (non-hydrogen) atoms. The van der Waals surface area contributed by atoms with Gasteiger partial charge in [-0.25, -0.2) is 4.98 Å². The lowest BCUT2D eigenvalue weighted by atomic mass is 10.2. The molecule has 0 radical (unpaired) electrons. The summed E-state index contributed by atoms with van der Waals surface area (Å²) < 4.78 is 8.02. The van der Waals surface area contributed by atoms with Crippen LogP contribution in [0.25, 0.3) is 10.2 Å². The maximum absolute atomic E-state index is 6.06. The van der Waals surface area contributed by atoms with Crippen molar-refractivity contribution in [1.29, 1.82) is 0 Å². The van der Waals surface area contributed by atoms with E-state index in [1.54, 1.807) is 16.8 Å². The van der Waals surface area contributed by atoms with Crippen molar-refractivity contribution >= 4 is 49.8 Å². The van der Waals surface area contributed by atoms with Gasteiger partial charge in [0.1, 0.15) is 17.0 Å². The second-order valence-corrected chi connectivity index (χ2v) is 5.86. The smallest absolute Gasteiger partial charge is 0.152 e. The predicted molar refractivity (Wildman–Crippen MR) is 83.3 cm³/mol. The molecule has 1 aromatic heterocycles. The number of rotatable bonds is 2. The van der Waals surface area contributed by atoms with Crippen molar-refractivity contribution < 1.29 is 4.74 Å². The number of fused-ring (bicyclic) bond motifs is 1. The first-order valence-electron chi connectivity index (χ1n) is 5.29. The van der Waals surface area contributed by atoms with Crippen LogP contribution in [0, 0.1) is 3.57 Å². The van der Waals surface area contributed by atoms with Crippen molar-refractivity contribution in [3.63, 3.8) is 0 Å². The first-order valence-corrected chi connectivity index (χ1v) is 7.25. The summed E-state index contributed by atoms with van der Waals surface area (Å²) in [6, 6.07) is 11.7. The van der Waals surface area contributed by atoms with Crippen molar-refractivity contribution in [2.45, 2.75) is 0 Å². The predicted octanol–water partition coefficient (Wildman–Crippen LogP) is 4.28. The van der Waals surface area contributed by atoms with Crippen LogP contribution in [0.15, 0.2) is 41.9 Å². The van der Waals surface area contributed by atoms with Gasteiger partial charge in [-0.05, 0) is 59.0 Å². The van der Waals surface area contributed by atoms with Gasteiger partial charge in [0.15, 0.2) is 5.75 Å². The Balaban J connectivity index is 1.99. The number of nitrogen functional groups attached to an aromatic ring is 1. The molecule has 90 valence electrons. The molecule has 0 fully saturated rings. The Kier molecular flexibility index (Phi) is 3.09. The van der Waals surface area contributed by atoms with Crippen molar-refractivity contribution in [1.82, 2.24) is 4.98 Å². The maximum atomic E-state index is 6.06. The lowest BCUT2D eigenvalue weighted by Gasteiger charge is -2.08. The molecule has 1 heterocycles. The number of benzene rings is 2. The fraction of sp³-hybridized carbons (Fsp3) is 0. The highest BCUT2D eigenvalue weighted by molar-refractivity contribution is 14.1. The number of anilines is 1. The van der Waals surface area contributed by atoms with Crippen LogP contribution in [-0.4, -0.2) is 4.98 Å². The molecule has 2 aromatic carbocycles. The minimum atomic E-state index is 0.590. The van der Waals surface area contributed by atoms with Gasteiger partial charge in [0.05, 0.1) is 10.2 Å². The standard InChI is InChI=1S/C13H9IN2OS/c14-8-1-3-9(4-2-8)17-10-5-6-11-13(12(10)15)16-7-18-11/h1-7H,15H2. The van der Waals surface area contributed by atoms with E-state index in [1.165, 1.54) is 3.57 Å². The summed E-state index contributed by atoms with van der Waals surface area (Å²) >= 11 is 3.83. The Morgan fingerprint density at radius 1 is 1.11 bits per heavy atom. The van der Waals surface area contributed by atoms with Gasteiger partial charge >= 0.3 is 0 Å². The Bertz CT molecular complexity index is 694. The van der Waals surface area contributed by atoms with E-state index in [1.807, 2.05) is 36.4 Å². The number of halogens is 1. The average molecular weight is 368 g/mol. The van der Waals surface area contributed by atoms with E-state index in [4.69, 9.17) is 10.5 Å². The number of hydrogen-bond donors (Lipinski definition) is 1. The summed E-state index contributed by atoms with van der Waals surface area (Å²) in [4.78, 5) is 4.25. The van der Waals surface area contributed by atoms with E-state index in [9.17, 15) is 0 Å². The van der Waals surface area contributed by atoms with E-state index in [0.717, 1.165) is 16.0 Å². The van der Waals surface area contributed by atoms with Crippen LogP contribution in [0.5, 0.6) is 11.5 Å². The molecular weight excluding hydrogens is 359 g/mol. The first kappa shape index (κ1) is 11.7. The maximum Gasteiger partial charge on any atom is 0.152 e. The molecule has 3 aromatic rings. The van der Waals surface area contributed by atoms with Crippen LogP contribution in [0.1, 0.15) is 0 Å². The minimum Gasteiger partial charge on any atom is -0.455 e. The number of nitrogens with two attached hydrogens (primary N) is 1. The second-order valence-electron chi connectivity index (χ2n) is 3.73. The number of ether oxygens (including phenoxy) is 1. The van der Waals surface area contributed by atoms with Gasteiger partial charge in [-0.1, -0.05) is 0 Å². The van der Waals surface area contributed by atoms with Crippen LogP contribution in [0.2, 0.25) is 0 Å². The third kappa shape index (κ3) is 2.15. The molecule has 0 atom stereocenters. The van der Waals surface area contributed by atoms with E-state index >= 15 is 0 Å². The second kappa shape index (κ2) is 4.74. The van der Waals surface area contributed by atoms with Crippen LogP contribution >= 0.6 is 33.9 Å². The van der Waals surface area contributed by atoms with E-state index in [-0.39, 0.29) is 0 Å². The summed E-state index contributed by atoms with van der Waals surface area (Å²) in [5, 5.41) is 0. The fourth-order valence-corrected chi connectivity index (χ4v) is 2.70. The molecule has 5 heteroatoms. The number of aromatic nitrogens is 1. The molecule has 0 saturated carbocycles. The molecule has 0 aliphatic heterocycles. The van der Waals surface area contributed by atoms with Gasteiger partial charge in [0, 0.05) is 3.57 Å². The van der Waals surface area contributed by atoms with Crippen molar-refractivity contribution in [3.05, 3.63) is 45.5 Å². The Morgan fingerprint density at radius 3 is 2.67 bits per heavy atom. The van der Waals surface area contributed by atoms with Crippen LogP contribution in [0.3, 0.4) is 0 Å². The monoisotopic (exact) mass is 368 g/mol. The molecule has 0 amide bonds. The molecule has 0 aliphatic rings. The lowest BCUT2D eigenvalue weighted by Crippen LogP contribution is -1.93. The fourth-order valence-electron chi connectivity index (χ4n) is 1.65. The van der Waals surface area contributed by atoms with E-state index < -0.39 is 0 Å². The average Bonchev–Trinajstić information content (AvgIpc) is 2.84. The highest BCUT2D eigenvalue weighted by Crippen LogP contribution is 2.34. The molecule has 3 rings (SSSR count). The Morgan fingerprint density at radius 2 is 1.89 bits per heavy atom. The van der Waals surface area contributed by atoms with Gasteiger partial charge in [-0.2, -0.15) is 0 Å². The van der Waals surface area contributed by atoms with Crippen LogP contribution in [-0.2, 0) is 0 Å². The van der Waals surface area contributed by atoms with Gasteiger partial charge in [-0.15, -0.1) is 11.3 Å². The van der Waals surface area contributed by atoms with E-state index in [2.05, 4.69) is 27.6 Å². The van der Waals surface area contributed by atoms with Crippen molar-refractivity contribution in [2.24, 2.45) is 0 Å². The molecule has 0 spiro atoms. The van der Waals surface area contributed by atoms with Gasteiger partial charge in [0.2, 0.25) is 0 Å². The molecule has 0 aliphatic carbocycles. The Hall–Kier alpha value is -1.34. The number of hydrogen-bond acceptors (Lipinski definition) is 4. The van der Waals surface area contributed by atoms with Crippen molar-refractivity contribution in [3.8, 4) is 11.5 Å². The molecule has 3 nitrogen and oxygen atoms in total. The molecular formula is C13H9IN2OS. The summed E-state index contributed by atoms with van der Waals surface area (Å²) in [7, 11) is 0. The zero-order valence-corrected chi connectivity index (χ0v) is 12.2. The lowest BCUT2D eigenvalue weighted by molar-refractivity contribution is 0.485. The molecule has 0 bridgehead atoms. The van der Waals surface area contributed by atoms with Gasteiger partial charge < -0.3 is 10.5 Å². The zero-order valence-electron chi connectivity index (χ0n) is 9.26. The quantitative estimate of drug-likeness (QED) is 0.543. The van der Waals surface area contributed by atoms with Crippen LogP contribution < -0.4 is 10.5 Å². The number of thiazole rings is 1. The molecule has 0 unspecified atom stereocenters. The van der Waals surface area contributed by atoms with Gasteiger partial charge in [-0.3, -0.25) is 0 Å². The highest BCUT2D eigenvalue weighted by atomic mass is 127. The molecule has 0 saturated heterocycles. The van der Waals surface area contributed by atoms with Crippen molar-refractivity contribution in [2.75, 3.05) is 5.73 Å². The number of nitrogens with zero attached hydrogens (tertiary/aromatic N) is 1.